The first-order chi connectivity index (χ1) is 12.2. The van der Waals surface area contributed by atoms with Gasteiger partial charge in [0.15, 0.2) is 5.76 Å². The third kappa shape index (κ3) is 3.19. The molecule has 1 saturated heterocycles. The number of piperidine rings is 1. The quantitative estimate of drug-likeness (QED) is 0.713. The Bertz CT molecular complexity index is 940. The fourth-order valence-electron chi connectivity index (χ4n) is 2.89. The Morgan fingerprint density at radius 1 is 1.32 bits per heavy atom. The normalized spacial score (nSPS) is 15.0. The molecule has 0 aliphatic carbocycles. The van der Waals surface area contributed by atoms with E-state index in [0.29, 0.717) is 22.1 Å². The van der Waals surface area contributed by atoms with Gasteiger partial charge >= 0.3 is 0 Å². The van der Waals surface area contributed by atoms with Crippen molar-refractivity contribution < 1.29 is 9.21 Å². The van der Waals surface area contributed by atoms with Crippen molar-refractivity contribution in [1.82, 2.24) is 24.7 Å². The number of fused-ring (bicyclic) bond motifs is 1. The van der Waals surface area contributed by atoms with Crippen LogP contribution in [0.15, 0.2) is 38.8 Å². The van der Waals surface area contributed by atoms with Crippen LogP contribution in [-0.4, -0.2) is 49.5 Å². The van der Waals surface area contributed by atoms with Crippen LogP contribution in [0, 0.1) is 0 Å². The molecular formula is C16H17N5O3S. The average Bonchev–Trinajstić information content (AvgIpc) is 3.31. The maximum atomic E-state index is 12.3. The highest BCUT2D eigenvalue weighted by atomic mass is 32.2. The van der Waals surface area contributed by atoms with Gasteiger partial charge in [-0.15, -0.1) is 5.10 Å². The number of carbonyl (C=O) groups is 1. The molecule has 0 radical (unpaired) electrons. The number of H-pyrrole nitrogens is 1. The smallest absolute Gasteiger partial charge is 0.290 e. The van der Waals surface area contributed by atoms with Crippen molar-refractivity contribution in [2.24, 2.45) is 0 Å². The standard InChI is InChI=1S/C16H17N5O3S/c22-14(20-6-2-1-3-7-20)10-25-16-18-17-15(23)12-9-11(19-21(12)16)13-5-4-8-24-13/h4-5,8-9H,1-3,6-7,10H2,(H,17,23). The molecule has 3 aromatic heterocycles. The first-order valence-corrected chi connectivity index (χ1v) is 9.14. The lowest BCUT2D eigenvalue weighted by Crippen LogP contribution is -2.36. The lowest BCUT2D eigenvalue weighted by Gasteiger charge is -2.26. The molecule has 1 N–H and O–H groups in total. The summed E-state index contributed by atoms with van der Waals surface area (Å²) in [6, 6.07) is 5.18. The number of rotatable bonds is 4. The van der Waals surface area contributed by atoms with E-state index in [1.165, 1.54) is 22.7 Å². The van der Waals surface area contributed by atoms with E-state index in [0.717, 1.165) is 25.9 Å². The predicted molar refractivity (Wildman–Crippen MR) is 92.5 cm³/mol. The van der Waals surface area contributed by atoms with Crippen molar-refractivity contribution in [1.29, 1.82) is 0 Å². The van der Waals surface area contributed by atoms with E-state index in [1.807, 2.05) is 4.90 Å². The van der Waals surface area contributed by atoms with Crippen LogP contribution < -0.4 is 5.56 Å². The third-order valence-electron chi connectivity index (χ3n) is 4.18. The van der Waals surface area contributed by atoms with E-state index < -0.39 is 0 Å². The number of carbonyl (C=O) groups excluding carboxylic acids is 1. The van der Waals surface area contributed by atoms with E-state index in [9.17, 15) is 9.59 Å². The zero-order valence-electron chi connectivity index (χ0n) is 13.5. The molecule has 0 spiro atoms. The summed E-state index contributed by atoms with van der Waals surface area (Å²) in [7, 11) is 0. The van der Waals surface area contributed by atoms with Crippen molar-refractivity contribution in [2.75, 3.05) is 18.8 Å². The van der Waals surface area contributed by atoms with Crippen LogP contribution in [0.5, 0.6) is 0 Å². The Morgan fingerprint density at radius 2 is 2.16 bits per heavy atom. The van der Waals surface area contributed by atoms with Gasteiger partial charge in [0.1, 0.15) is 11.2 Å². The van der Waals surface area contributed by atoms with Crippen LogP contribution in [0.1, 0.15) is 19.3 Å². The van der Waals surface area contributed by atoms with Crippen molar-refractivity contribution in [3.8, 4) is 11.5 Å². The minimum absolute atomic E-state index is 0.0873. The molecule has 8 nitrogen and oxygen atoms in total. The molecule has 0 atom stereocenters. The van der Waals surface area contributed by atoms with Gasteiger partial charge in [-0.1, -0.05) is 11.8 Å². The number of amides is 1. The second kappa shape index (κ2) is 6.75. The second-order valence-corrected chi connectivity index (χ2v) is 6.81. The topological polar surface area (TPSA) is 96.5 Å². The summed E-state index contributed by atoms with van der Waals surface area (Å²) in [6.45, 7) is 1.64. The minimum Gasteiger partial charge on any atom is -0.463 e. The van der Waals surface area contributed by atoms with Crippen molar-refractivity contribution in [3.05, 3.63) is 34.8 Å². The molecule has 1 amide bonds. The Balaban J connectivity index is 1.58. The summed E-state index contributed by atoms with van der Waals surface area (Å²) in [5.74, 6) is 0.928. The van der Waals surface area contributed by atoms with Gasteiger partial charge in [0.25, 0.3) is 5.56 Å². The molecule has 1 aliphatic heterocycles. The van der Waals surface area contributed by atoms with Crippen LogP contribution in [0.3, 0.4) is 0 Å². The highest BCUT2D eigenvalue weighted by molar-refractivity contribution is 7.99. The van der Waals surface area contributed by atoms with Gasteiger partial charge in [0.05, 0.1) is 12.0 Å². The first-order valence-electron chi connectivity index (χ1n) is 8.15. The average molecular weight is 359 g/mol. The number of aromatic nitrogens is 4. The molecule has 4 rings (SSSR count). The Morgan fingerprint density at radius 3 is 2.92 bits per heavy atom. The summed E-state index contributed by atoms with van der Waals surface area (Å²) in [4.78, 5) is 26.2. The summed E-state index contributed by atoms with van der Waals surface area (Å²) < 4.78 is 6.79. The molecular weight excluding hydrogens is 342 g/mol. The van der Waals surface area contributed by atoms with Gasteiger partial charge in [-0.05, 0) is 31.4 Å². The Kier molecular flexibility index (Phi) is 4.31. The van der Waals surface area contributed by atoms with Crippen molar-refractivity contribution in [2.45, 2.75) is 24.4 Å². The number of furan rings is 1. The zero-order valence-corrected chi connectivity index (χ0v) is 14.3. The zero-order chi connectivity index (χ0) is 17.2. The molecule has 0 saturated carbocycles. The Hall–Kier alpha value is -2.55. The van der Waals surface area contributed by atoms with E-state index >= 15 is 0 Å². The van der Waals surface area contributed by atoms with Crippen LogP contribution in [0.4, 0.5) is 0 Å². The number of hydrogen-bond donors (Lipinski definition) is 1. The summed E-state index contributed by atoms with van der Waals surface area (Å²) >= 11 is 1.27. The SMILES string of the molecule is O=C(CSc1n[nH]c(=O)c2cc(-c3ccco3)nn12)N1CCCCC1. The Labute approximate surface area is 147 Å². The van der Waals surface area contributed by atoms with Crippen LogP contribution in [0.2, 0.25) is 0 Å². The molecule has 130 valence electrons. The van der Waals surface area contributed by atoms with Gasteiger partial charge < -0.3 is 9.32 Å². The number of hydrogen-bond acceptors (Lipinski definition) is 6. The number of nitrogens with one attached hydrogen (secondary N) is 1. The van der Waals surface area contributed by atoms with Gasteiger partial charge in [-0.3, -0.25) is 9.59 Å². The molecule has 0 bridgehead atoms. The summed E-state index contributed by atoms with van der Waals surface area (Å²) in [5, 5.41) is 11.4. The highest BCUT2D eigenvalue weighted by Crippen LogP contribution is 2.22. The van der Waals surface area contributed by atoms with E-state index in [4.69, 9.17) is 4.42 Å². The fraction of sp³-hybridized carbons (Fsp3) is 0.375. The van der Waals surface area contributed by atoms with Gasteiger partial charge in [0.2, 0.25) is 11.1 Å². The van der Waals surface area contributed by atoms with Crippen LogP contribution >= 0.6 is 11.8 Å². The molecule has 4 heterocycles. The summed E-state index contributed by atoms with van der Waals surface area (Å²) in [5.41, 5.74) is 0.582. The second-order valence-electron chi connectivity index (χ2n) is 5.87. The van der Waals surface area contributed by atoms with Gasteiger partial charge in [-0.2, -0.15) is 5.10 Å². The van der Waals surface area contributed by atoms with E-state index in [1.54, 1.807) is 24.5 Å². The molecule has 3 aromatic rings. The maximum absolute atomic E-state index is 12.3. The molecule has 1 aliphatic rings. The molecule has 1 fully saturated rings. The monoisotopic (exact) mass is 359 g/mol. The molecule has 0 unspecified atom stereocenters. The predicted octanol–water partition coefficient (Wildman–Crippen LogP) is 1.78. The fourth-order valence-corrected chi connectivity index (χ4v) is 3.70. The van der Waals surface area contributed by atoms with Gasteiger partial charge in [-0.25, -0.2) is 9.61 Å². The van der Waals surface area contributed by atoms with E-state index in [2.05, 4.69) is 15.3 Å². The largest absolute Gasteiger partial charge is 0.463 e. The van der Waals surface area contributed by atoms with Gasteiger partial charge in [0, 0.05) is 19.2 Å². The lowest BCUT2D eigenvalue weighted by atomic mass is 10.1. The molecule has 9 heteroatoms. The highest BCUT2D eigenvalue weighted by Gasteiger charge is 2.19. The van der Waals surface area contributed by atoms with E-state index in [-0.39, 0.29) is 17.2 Å². The lowest BCUT2D eigenvalue weighted by molar-refractivity contribution is -0.129. The van der Waals surface area contributed by atoms with Crippen LogP contribution in [0.25, 0.3) is 17.0 Å². The van der Waals surface area contributed by atoms with Crippen LogP contribution in [-0.2, 0) is 4.79 Å². The summed E-state index contributed by atoms with van der Waals surface area (Å²) in [6.07, 6.45) is 4.85. The number of thioether (sulfide) groups is 1. The third-order valence-corrected chi connectivity index (χ3v) is 5.10. The number of likely N-dealkylation sites (tertiary alicyclic amines) is 1. The minimum atomic E-state index is -0.336. The maximum Gasteiger partial charge on any atom is 0.290 e. The molecule has 25 heavy (non-hydrogen) atoms. The first kappa shape index (κ1) is 15.9. The van der Waals surface area contributed by atoms with Crippen molar-refractivity contribution >= 4 is 23.2 Å². The number of nitrogens with zero attached hydrogens (tertiary/aromatic N) is 4. The number of aromatic amines is 1. The van der Waals surface area contributed by atoms with Crippen molar-refractivity contribution in [3.63, 3.8) is 0 Å². The molecule has 0 aromatic carbocycles.